The number of nitrogens with one attached hydrogen (secondary N) is 1. The molecule has 1 unspecified atom stereocenters. The first-order valence-corrected chi connectivity index (χ1v) is 8.94. The molecular formula is C18H26N2S. The largest absolute Gasteiger partial charge is 0.309 e. The number of fused-ring (bicyclic) bond motifs is 1. The lowest BCUT2D eigenvalue weighted by atomic mass is 9.82. The van der Waals surface area contributed by atoms with Gasteiger partial charge >= 0.3 is 0 Å². The first-order valence-electron chi connectivity index (χ1n) is 8.06. The van der Waals surface area contributed by atoms with E-state index in [4.69, 9.17) is 0 Å². The van der Waals surface area contributed by atoms with Crippen LogP contribution in [0.2, 0.25) is 0 Å². The smallest absolute Gasteiger partial charge is 0.0521 e. The minimum atomic E-state index is 0.258. The van der Waals surface area contributed by atoms with E-state index < -0.39 is 0 Å². The van der Waals surface area contributed by atoms with E-state index in [0.29, 0.717) is 6.04 Å². The van der Waals surface area contributed by atoms with E-state index in [-0.39, 0.29) is 5.54 Å². The summed E-state index contributed by atoms with van der Waals surface area (Å²) in [6.45, 7) is 3.24. The maximum atomic E-state index is 3.81. The zero-order valence-electron chi connectivity index (χ0n) is 13.4. The zero-order chi connectivity index (χ0) is 14.9. The Kier molecular flexibility index (Phi) is 4.34. The van der Waals surface area contributed by atoms with Crippen LogP contribution in [0.1, 0.15) is 44.2 Å². The Hall–Kier alpha value is -0.900. The van der Waals surface area contributed by atoms with Crippen LogP contribution in [0.5, 0.6) is 0 Å². The van der Waals surface area contributed by atoms with Gasteiger partial charge in [-0.15, -0.1) is 11.3 Å². The Labute approximate surface area is 132 Å². The molecule has 0 bridgehead atoms. The molecule has 21 heavy (non-hydrogen) atoms. The fraction of sp³-hybridized carbons (Fsp3) is 0.556. The van der Waals surface area contributed by atoms with Crippen molar-refractivity contribution in [3.63, 3.8) is 0 Å². The molecule has 1 aromatic carbocycles. The third kappa shape index (κ3) is 2.52. The van der Waals surface area contributed by atoms with E-state index in [0.717, 1.165) is 6.54 Å². The predicted molar refractivity (Wildman–Crippen MR) is 93.1 cm³/mol. The van der Waals surface area contributed by atoms with Crippen LogP contribution in [0, 0.1) is 0 Å². The molecule has 2 aromatic rings. The van der Waals surface area contributed by atoms with Gasteiger partial charge in [0.2, 0.25) is 0 Å². The lowest BCUT2D eigenvalue weighted by Gasteiger charge is -2.44. The number of rotatable bonds is 5. The Morgan fingerprint density at radius 1 is 1.24 bits per heavy atom. The monoisotopic (exact) mass is 302 g/mol. The summed E-state index contributed by atoms with van der Waals surface area (Å²) >= 11 is 1.88. The maximum Gasteiger partial charge on any atom is 0.0521 e. The summed E-state index contributed by atoms with van der Waals surface area (Å²) in [6.07, 6.45) is 5.28. The minimum absolute atomic E-state index is 0.258. The molecule has 3 rings (SSSR count). The van der Waals surface area contributed by atoms with Gasteiger partial charge in [0.1, 0.15) is 0 Å². The van der Waals surface area contributed by atoms with Crippen molar-refractivity contribution < 1.29 is 0 Å². The SMILES string of the molecule is CCNC(c1cccc2ccsc12)C1(N(C)C)CCCC1. The molecule has 0 amide bonds. The maximum absolute atomic E-state index is 3.81. The second-order valence-corrected chi connectivity index (χ2v) is 7.30. The molecule has 0 radical (unpaired) electrons. The van der Waals surface area contributed by atoms with Crippen LogP contribution < -0.4 is 5.32 Å². The summed E-state index contributed by atoms with van der Waals surface area (Å²) in [6, 6.07) is 9.43. The molecule has 0 spiro atoms. The molecule has 1 saturated carbocycles. The lowest BCUT2D eigenvalue weighted by Crippen LogP contribution is -2.52. The number of thiophene rings is 1. The molecule has 1 aromatic heterocycles. The first kappa shape index (κ1) is 15.0. The van der Waals surface area contributed by atoms with Gasteiger partial charge in [-0.3, -0.25) is 0 Å². The molecule has 3 heteroatoms. The van der Waals surface area contributed by atoms with E-state index >= 15 is 0 Å². The van der Waals surface area contributed by atoms with Crippen LogP contribution in [-0.2, 0) is 0 Å². The topological polar surface area (TPSA) is 15.3 Å². The third-order valence-electron chi connectivity index (χ3n) is 5.13. The Morgan fingerprint density at radius 3 is 2.67 bits per heavy atom. The second-order valence-electron chi connectivity index (χ2n) is 6.38. The van der Waals surface area contributed by atoms with E-state index in [1.807, 2.05) is 11.3 Å². The second kappa shape index (κ2) is 6.07. The van der Waals surface area contributed by atoms with Crippen molar-refractivity contribution in [2.45, 2.75) is 44.2 Å². The summed E-state index contributed by atoms with van der Waals surface area (Å²) < 4.78 is 1.46. The van der Waals surface area contributed by atoms with Crippen molar-refractivity contribution in [2.24, 2.45) is 0 Å². The minimum Gasteiger partial charge on any atom is -0.309 e. The third-order valence-corrected chi connectivity index (χ3v) is 6.11. The summed E-state index contributed by atoms with van der Waals surface area (Å²) in [5.41, 5.74) is 1.74. The molecule has 1 fully saturated rings. The molecule has 1 atom stereocenters. The first-order chi connectivity index (χ1) is 10.2. The van der Waals surface area contributed by atoms with Gasteiger partial charge < -0.3 is 10.2 Å². The van der Waals surface area contributed by atoms with Crippen LogP contribution in [0.25, 0.3) is 10.1 Å². The highest BCUT2D eigenvalue weighted by Crippen LogP contribution is 2.45. The van der Waals surface area contributed by atoms with E-state index in [1.54, 1.807) is 0 Å². The van der Waals surface area contributed by atoms with Crippen molar-refractivity contribution in [3.05, 3.63) is 35.2 Å². The van der Waals surface area contributed by atoms with Gasteiger partial charge in [0, 0.05) is 10.2 Å². The predicted octanol–water partition coefficient (Wildman–Crippen LogP) is 4.43. The molecule has 0 saturated heterocycles. The van der Waals surface area contributed by atoms with Crippen LogP contribution in [0.3, 0.4) is 0 Å². The molecule has 2 nitrogen and oxygen atoms in total. The molecule has 114 valence electrons. The van der Waals surface area contributed by atoms with Gasteiger partial charge in [0.15, 0.2) is 0 Å². The van der Waals surface area contributed by atoms with Crippen LogP contribution >= 0.6 is 11.3 Å². The quantitative estimate of drug-likeness (QED) is 0.879. The molecule has 1 aliphatic carbocycles. The van der Waals surface area contributed by atoms with Crippen molar-refractivity contribution in [1.29, 1.82) is 0 Å². The standard InChI is InChI=1S/C18H26N2S/c1-4-19-17(18(20(2)3)11-5-6-12-18)15-9-7-8-14-10-13-21-16(14)15/h7-10,13,17,19H,4-6,11-12H2,1-3H3. The summed E-state index contributed by atoms with van der Waals surface area (Å²) in [7, 11) is 4.51. The molecule has 1 aliphatic rings. The van der Waals surface area contributed by atoms with Gasteiger partial charge in [-0.2, -0.15) is 0 Å². The molecular weight excluding hydrogens is 276 g/mol. The van der Waals surface area contributed by atoms with Gasteiger partial charge in [-0.1, -0.05) is 38.0 Å². The highest BCUT2D eigenvalue weighted by atomic mass is 32.1. The highest BCUT2D eigenvalue weighted by molar-refractivity contribution is 7.17. The average Bonchev–Trinajstić information content (AvgIpc) is 3.13. The van der Waals surface area contributed by atoms with Crippen LogP contribution in [0.4, 0.5) is 0 Å². The zero-order valence-corrected chi connectivity index (χ0v) is 14.2. The van der Waals surface area contributed by atoms with Crippen molar-refractivity contribution in [2.75, 3.05) is 20.6 Å². The van der Waals surface area contributed by atoms with Crippen molar-refractivity contribution in [3.8, 4) is 0 Å². The molecule has 1 heterocycles. The van der Waals surface area contributed by atoms with Crippen LogP contribution in [-0.4, -0.2) is 31.1 Å². The number of nitrogens with zero attached hydrogens (tertiary/aromatic N) is 1. The fourth-order valence-corrected chi connectivity index (χ4v) is 4.96. The van der Waals surface area contributed by atoms with Gasteiger partial charge in [0.25, 0.3) is 0 Å². The Balaban J connectivity index is 2.11. The van der Waals surface area contributed by atoms with Crippen LogP contribution in [0.15, 0.2) is 29.6 Å². The number of benzene rings is 1. The normalized spacial score (nSPS) is 19.4. The van der Waals surface area contributed by atoms with E-state index in [1.165, 1.54) is 41.3 Å². The van der Waals surface area contributed by atoms with Gasteiger partial charge in [-0.05, 0) is 55.9 Å². The molecule has 1 N–H and O–H groups in total. The Bertz CT molecular complexity index is 596. The average molecular weight is 302 g/mol. The Morgan fingerprint density at radius 2 is 2.00 bits per heavy atom. The lowest BCUT2D eigenvalue weighted by molar-refractivity contribution is 0.106. The number of hydrogen-bond acceptors (Lipinski definition) is 3. The van der Waals surface area contributed by atoms with Crippen molar-refractivity contribution >= 4 is 21.4 Å². The summed E-state index contributed by atoms with van der Waals surface area (Å²) in [4.78, 5) is 2.47. The van der Waals surface area contributed by atoms with Gasteiger partial charge in [0.05, 0.1) is 6.04 Å². The van der Waals surface area contributed by atoms with Crippen molar-refractivity contribution in [1.82, 2.24) is 10.2 Å². The number of hydrogen-bond donors (Lipinski definition) is 1. The summed E-state index contributed by atoms with van der Waals surface area (Å²) in [5, 5.41) is 7.41. The fourth-order valence-electron chi connectivity index (χ4n) is 4.02. The number of likely N-dealkylation sites (N-methyl/N-ethyl adjacent to an activating group) is 2. The summed E-state index contributed by atoms with van der Waals surface area (Å²) in [5.74, 6) is 0. The van der Waals surface area contributed by atoms with Gasteiger partial charge in [-0.25, -0.2) is 0 Å². The van der Waals surface area contributed by atoms with E-state index in [2.05, 4.69) is 60.9 Å². The van der Waals surface area contributed by atoms with E-state index in [9.17, 15) is 0 Å². The molecule has 0 aliphatic heterocycles. The highest BCUT2D eigenvalue weighted by Gasteiger charge is 2.44.